The van der Waals surface area contributed by atoms with Crippen molar-refractivity contribution < 1.29 is 29.0 Å². The van der Waals surface area contributed by atoms with Gasteiger partial charge in [-0.15, -0.1) is 0 Å². The van der Waals surface area contributed by atoms with Crippen molar-refractivity contribution >= 4 is 25.8 Å². The van der Waals surface area contributed by atoms with Gasteiger partial charge in [-0.1, -0.05) is 55.5 Å². The number of hydrogen-bond acceptors (Lipinski definition) is 6. The largest absolute Gasteiger partial charge is 0.490 e. The summed E-state index contributed by atoms with van der Waals surface area (Å²) in [4.78, 5) is 39.4. The third kappa shape index (κ3) is 7.42. The van der Waals surface area contributed by atoms with Gasteiger partial charge in [0.25, 0.3) is 5.91 Å². The molecule has 2 amide bonds. The van der Waals surface area contributed by atoms with Crippen LogP contribution in [0.1, 0.15) is 40.9 Å². The molecule has 1 heterocycles. The predicted octanol–water partition coefficient (Wildman–Crippen LogP) is 5.00. The monoisotopic (exact) mass is 576 g/mol. The molecule has 218 valence electrons. The Morgan fingerprint density at radius 1 is 1.05 bits per heavy atom. The number of carbonyl (C=O) groups excluding carboxylic acids is 2. The maximum atomic E-state index is 13.6. The molecule has 0 bridgehead atoms. The summed E-state index contributed by atoms with van der Waals surface area (Å²) in [5, 5.41) is 12.6. The van der Waals surface area contributed by atoms with Gasteiger partial charge in [-0.25, -0.2) is 0 Å². The van der Waals surface area contributed by atoms with E-state index in [9.17, 15) is 19.5 Å². The van der Waals surface area contributed by atoms with Crippen LogP contribution >= 0.6 is 0 Å². The predicted molar refractivity (Wildman–Crippen MR) is 161 cm³/mol. The van der Waals surface area contributed by atoms with Crippen molar-refractivity contribution in [1.82, 2.24) is 4.90 Å². The second-order valence-corrected chi connectivity index (χ2v) is 15.2. The fourth-order valence-corrected chi connectivity index (χ4v) is 7.40. The molecule has 3 aromatic carbocycles. The molecule has 0 radical (unpaired) electrons. The van der Waals surface area contributed by atoms with Crippen LogP contribution in [0.15, 0.2) is 78.9 Å². The molecular formula is C32H40N2O6Si. The summed E-state index contributed by atoms with van der Waals surface area (Å²) in [7, 11) is -1.29. The summed E-state index contributed by atoms with van der Waals surface area (Å²) in [6, 6.07) is 24.1. The van der Waals surface area contributed by atoms with Crippen LogP contribution in [0.2, 0.25) is 18.6 Å². The normalized spacial score (nSPS) is 19.0. The summed E-state index contributed by atoms with van der Waals surface area (Å²) >= 11 is 0. The third-order valence-corrected chi connectivity index (χ3v) is 10.1. The molecule has 9 heteroatoms. The van der Waals surface area contributed by atoms with Crippen molar-refractivity contribution in [2.75, 3.05) is 25.6 Å². The Morgan fingerprint density at radius 3 is 2.32 bits per heavy atom. The highest BCUT2D eigenvalue weighted by Crippen LogP contribution is 2.47. The first-order valence-corrected chi connectivity index (χ1v) is 17.0. The molecule has 4 rings (SSSR count). The summed E-state index contributed by atoms with van der Waals surface area (Å²) in [6.07, 6.45) is -0.751. The minimum absolute atomic E-state index is 0.0918. The first-order valence-electron chi connectivity index (χ1n) is 14.0. The number of methoxy groups -OCH3 is 1. The van der Waals surface area contributed by atoms with Crippen molar-refractivity contribution in [2.45, 2.75) is 50.7 Å². The van der Waals surface area contributed by atoms with Crippen molar-refractivity contribution in [2.24, 2.45) is 5.92 Å². The maximum absolute atomic E-state index is 13.6. The van der Waals surface area contributed by atoms with Crippen LogP contribution in [-0.2, 0) is 16.1 Å². The number of anilines is 1. The van der Waals surface area contributed by atoms with Crippen LogP contribution in [0, 0.1) is 5.92 Å². The quantitative estimate of drug-likeness (QED) is 0.277. The van der Waals surface area contributed by atoms with Crippen LogP contribution in [0.5, 0.6) is 5.75 Å². The van der Waals surface area contributed by atoms with Gasteiger partial charge in [-0.3, -0.25) is 9.59 Å². The molecular weight excluding hydrogens is 536 g/mol. The van der Waals surface area contributed by atoms with Gasteiger partial charge >= 0.3 is 0 Å². The number of ether oxygens (including phenoxy) is 2. The molecule has 4 atom stereocenters. The average molecular weight is 577 g/mol. The van der Waals surface area contributed by atoms with E-state index < -0.39 is 20.0 Å². The fraction of sp³-hybridized carbons (Fsp3) is 0.375. The molecule has 0 saturated carbocycles. The van der Waals surface area contributed by atoms with Crippen LogP contribution in [0.3, 0.4) is 0 Å². The molecule has 0 fully saturated rings. The zero-order chi connectivity index (χ0) is 29.6. The zero-order valence-corrected chi connectivity index (χ0v) is 25.1. The van der Waals surface area contributed by atoms with Gasteiger partial charge in [0.05, 0.1) is 12.7 Å². The molecule has 0 aromatic heterocycles. The minimum Gasteiger partial charge on any atom is -0.490 e. The van der Waals surface area contributed by atoms with Crippen molar-refractivity contribution in [3.8, 4) is 5.75 Å². The smallest absolute Gasteiger partial charge is 0.255 e. The van der Waals surface area contributed by atoms with Crippen molar-refractivity contribution in [3.05, 3.63) is 95.6 Å². The van der Waals surface area contributed by atoms with E-state index in [4.69, 9.17) is 9.47 Å². The van der Waals surface area contributed by atoms with Crippen LogP contribution < -0.4 is 10.1 Å². The second-order valence-electron chi connectivity index (χ2n) is 11.2. The standard InChI is InChI=1S/C32H40N2O6Si/c1-22-30(39-2)26-19-25(33-32(37)24-13-9-6-10-14-24)15-16-27(26)40-31(22)28(41(3,4)38)20-29(36)34(17-18-35)21-23-11-7-5-8-12-23/h5-16,19,22,28,30-31,35,38H,17-18,20-21H2,1-4H3,(H,33,37)/t22-,28?,30-,31-/m0/s1. The molecule has 3 aromatic rings. The molecule has 41 heavy (non-hydrogen) atoms. The third-order valence-electron chi connectivity index (χ3n) is 7.76. The second kappa shape index (κ2) is 13.4. The van der Waals surface area contributed by atoms with Gasteiger partial charge in [0.15, 0.2) is 8.32 Å². The number of hydrogen-bond donors (Lipinski definition) is 3. The number of aliphatic hydroxyl groups excluding tert-OH is 1. The van der Waals surface area contributed by atoms with E-state index in [0.29, 0.717) is 23.5 Å². The molecule has 1 unspecified atom stereocenters. The van der Waals surface area contributed by atoms with Gasteiger partial charge in [0.2, 0.25) is 5.91 Å². The van der Waals surface area contributed by atoms with E-state index in [1.807, 2.05) is 74.6 Å². The average Bonchev–Trinajstić information content (AvgIpc) is 2.96. The van der Waals surface area contributed by atoms with E-state index in [-0.39, 0.29) is 43.4 Å². The Kier molecular flexibility index (Phi) is 9.98. The van der Waals surface area contributed by atoms with E-state index in [1.54, 1.807) is 36.3 Å². The van der Waals surface area contributed by atoms with E-state index in [0.717, 1.165) is 11.1 Å². The van der Waals surface area contributed by atoms with Gasteiger partial charge in [0, 0.05) is 54.9 Å². The molecule has 0 aliphatic carbocycles. The number of carbonyl (C=O) groups is 2. The number of benzene rings is 3. The lowest BCUT2D eigenvalue weighted by Crippen LogP contribution is -2.50. The summed E-state index contributed by atoms with van der Waals surface area (Å²) < 4.78 is 12.5. The first-order chi connectivity index (χ1) is 19.6. The summed E-state index contributed by atoms with van der Waals surface area (Å²) in [6.45, 7) is 6.09. The van der Waals surface area contributed by atoms with Crippen LogP contribution in [-0.4, -0.2) is 61.3 Å². The summed E-state index contributed by atoms with van der Waals surface area (Å²) in [5.74, 6) is 0.0587. The lowest BCUT2D eigenvalue weighted by Gasteiger charge is -2.44. The number of rotatable bonds is 11. The van der Waals surface area contributed by atoms with Gasteiger partial charge < -0.3 is 29.6 Å². The Hall–Kier alpha value is -3.50. The lowest BCUT2D eigenvalue weighted by molar-refractivity contribution is -0.133. The van der Waals surface area contributed by atoms with Crippen molar-refractivity contribution in [1.29, 1.82) is 0 Å². The summed E-state index contributed by atoms with van der Waals surface area (Å²) in [5.41, 5.74) is 2.53. The zero-order valence-electron chi connectivity index (χ0n) is 24.1. The van der Waals surface area contributed by atoms with Crippen LogP contribution in [0.4, 0.5) is 5.69 Å². The minimum atomic E-state index is -2.92. The molecule has 0 spiro atoms. The molecule has 8 nitrogen and oxygen atoms in total. The number of aliphatic hydroxyl groups is 1. The Balaban J connectivity index is 1.57. The molecule has 3 N–H and O–H groups in total. The fourth-order valence-electron chi connectivity index (χ4n) is 5.55. The molecule has 1 aliphatic heterocycles. The molecule has 1 aliphatic rings. The Labute approximate surface area is 243 Å². The number of fused-ring (bicyclic) bond motifs is 1. The number of nitrogens with zero attached hydrogens (tertiary/aromatic N) is 1. The highest BCUT2D eigenvalue weighted by molar-refractivity contribution is 6.71. The maximum Gasteiger partial charge on any atom is 0.255 e. The van der Waals surface area contributed by atoms with Crippen LogP contribution in [0.25, 0.3) is 0 Å². The Bertz CT molecular complexity index is 1310. The highest BCUT2D eigenvalue weighted by atomic mass is 28.4. The Morgan fingerprint density at radius 2 is 1.71 bits per heavy atom. The number of amides is 2. The van der Waals surface area contributed by atoms with Gasteiger partial charge in [-0.2, -0.15) is 0 Å². The highest BCUT2D eigenvalue weighted by Gasteiger charge is 2.47. The number of nitrogens with one attached hydrogen (secondary N) is 1. The molecule has 0 saturated heterocycles. The lowest BCUT2D eigenvalue weighted by atomic mass is 9.86. The topological polar surface area (TPSA) is 108 Å². The van der Waals surface area contributed by atoms with Gasteiger partial charge in [-0.05, 0) is 49.0 Å². The first kappa shape index (κ1) is 30.5. The van der Waals surface area contributed by atoms with Crippen molar-refractivity contribution in [3.63, 3.8) is 0 Å². The van der Waals surface area contributed by atoms with E-state index in [1.165, 1.54) is 0 Å². The van der Waals surface area contributed by atoms with E-state index in [2.05, 4.69) is 5.32 Å². The van der Waals surface area contributed by atoms with Gasteiger partial charge in [0.1, 0.15) is 11.9 Å². The van der Waals surface area contributed by atoms with E-state index >= 15 is 0 Å². The SMILES string of the molecule is CO[C@@H]1c2cc(NC(=O)c3ccccc3)ccc2O[C@H](C(CC(=O)N(CCO)Cc2ccccc2)[Si](C)(C)O)[C@H]1C.